The molecule has 5 rings (SSSR count). The summed E-state index contributed by atoms with van der Waals surface area (Å²) in [4.78, 5) is 13.1. The number of benzene rings is 3. The molecule has 3 aromatic carbocycles. The van der Waals surface area contributed by atoms with E-state index in [1.54, 1.807) is 12.1 Å². The molecule has 0 radical (unpaired) electrons. The van der Waals surface area contributed by atoms with Gasteiger partial charge in [0.15, 0.2) is 9.84 Å². The molecule has 0 unspecified atom stereocenters. The van der Waals surface area contributed by atoms with E-state index < -0.39 is 9.84 Å². The van der Waals surface area contributed by atoms with Crippen LogP contribution in [0.2, 0.25) is 0 Å². The molecule has 1 aromatic heterocycles. The van der Waals surface area contributed by atoms with E-state index in [-0.39, 0.29) is 23.8 Å². The van der Waals surface area contributed by atoms with E-state index in [9.17, 15) is 18.3 Å². The standard InChI is InChI=1S/C31H36N4O4S/c1-3-18-40(38,39)29-7-5-4-6-23(29)20-32-25-14-17-28-27(19-25)30(34-35(28)2)21-8-10-22(11-9-21)31(37)33-24-12-15-26(36)16-13-24/h4-11,14,17,19,24,26,32,36H,3,12-13,15-16,18,20H2,1-2H3,(H,33,37). The molecule has 1 aliphatic carbocycles. The monoisotopic (exact) mass is 560 g/mol. The minimum absolute atomic E-state index is 0.0972. The van der Waals surface area contributed by atoms with Gasteiger partial charge in [-0.15, -0.1) is 0 Å². The number of fused-ring (bicyclic) bond motifs is 1. The zero-order valence-electron chi connectivity index (χ0n) is 22.9. The highest BCUT2D eigenvalue weighted by Crippen LogP contribution is 2.31. The van der Waals surface area contributed by atoms with E-state index in [2.05, 4.69) is 10.6 Å². The molecule has 0 atom stereocenters. The number of amides is 1. The molecule has 210 valence electrons. The van der Waals surface area contributed by atoms with Crippen LogP contribution >= 0.6 is 0 Å². The van der Waals surface area contributed by atoms with Crippen molar-refractivity contribution in [1.82, 2.24) is 15.1 Å². The van der Waals surface area contributed by atoms with Gasteiger partial charge in [-0.1, -0.05) is 37.3 Å². The molecule has 1 saturated carbocycles. The number of aromatic nitrogens is 2. The highest BCUT2D eigenvalue weighted by molar-refractivity contribution is 7.91. The Hall–Kier alpha value is -3.69. The van der Waals surface area contributed by atoms with Crippen LogP contribution in [0, 0.1) is 0 Å². The average Bonchev–Trinajstić information content (AvgIpc) is 3.29. The van der Waals surface area contributed by atoms with Gasteiger partial charge in [-0.05, 0) is 74.1 Å². The second-order valence-corrected chi connectivity index (χ2v) is 12.6. The van der Waals surface area contributed by atoms with E-state index in [1.807, 2.05) is 73.3 Å². The number of aliphatic hydroxyl groups is 1. The first-order valence-corrected chi connectivity index (χ1v) is 15.5. The fourth-order valence-corrected chi connectivity index (χ4v) is 6.97. The third kappa shape index (κ3) is 6.05. The van der Waals surface area contributed by atoms with Gasteiger partial charge in [0.2, 0.25) is 0 Å². The van der Waals surface area contributed by atoms with Crippen LogP contribution in [-0.4, -0.2) is 47.1 Å². The molecule has 3 N–H and O–H groups in total. The van der Waals surface area contributed by atoms with Crippen LogP contribution in [0.15, 0.2) is 71.6 Å². The van der Waals surface area contributed by atoms with Gasteiger partial charge in [0.1, 0.15) is 5.69 Å². The van der Waals surface area contributed by atoms with Crippen LogP contribution in [0.4, 0.5) is 5.69 Å². The van der Waals surface area contributed by atoms with E-state index >= 15 is 0 Å². The summed E-state index contributed by atoms with van der Waals surface area (Å²) in [6, 6.07) is 20.7. The number of carbonyl (C=O) groups is 1. The highest BCUT2D eigenvalue weighted by Gasteiger charge is 2.22. The van der Waals surface area contributed by atoms with Crippen molar-refractivity contribution < 1.29 is 18.3 Å². The normalized spacial score (nSPS) is 17.6. The molecule has 4 aromatic rings. The zero-order valence-corrected chi connectivity index (χ0v) is 23.7. The Bertz CT molecular complexity index is 1600. The van der Waals surface area contributed by atoms with E-state index in [0.717, 1.165) is 59.1 Å². The fourth-order valence-electron chi connectivity index (χ4n) is 5.39. The zero-order chi connectivity index (χ0) is 28.3. The van der Waals surface area contributed by atoms with Gasteiger partial charge in [0.05, 0.1) is 22.3 Å². The maximum absolute atomic E-state index is 12.8. The number of aliphatic hydroxyl groups excluding tert-OH is 1. The van der Waals surface area contributed by atoms with Crippen LogP contribution < -0.4 is 10.6 Å². The molecule has 1 amide bonds. The number of carbonyl (C=O) groups excluding carboxylic acids is 1. The van der Waals surface area contributed by atoms with E-state index in [1.165, 1.54) is 0 Å². The molecule has 1 fully saturated rings. The smallest absolute Gasteiger partial charge is 0.251 e. The summed E-state index contributed by atoms with van der Waals surface area (Å²) in [5, 5.41) is 21.9. The Kier molecular flexibility index (Phi) is 8.23. The Morgan fingerprint density at radius 1 is 1.02 bits per heavy atom. The number of sulfone groups is 1. The number of rotatable bonds is 9. The molecule has 0 saturated heterocycles. The second-order valence-electron chi connectivity index (χ2n) is 10.5. The topological polar surface area (TPSA) is 113 Å². The molecule has 0 aliphatic heterocycles. The first kappa shape index (κ1) is 27.9. The lowest BCUT2D eigenvalue weighted by atomic mass is 9.93. The van der Waals surface area contributed by atoms with Gasteiger partial charge in [-0.25, -0.2) is 8.42 Å². The van der Waals surface area contributed by atoms with Crippen molar-refractivity contribution in [1.29, 1.82) is 0 Å². The first-order chi connectivity index (χ1) is 19.2. The van der Waals surface area contributed by atoms with Gasteiger partial charge >= 0.3 is 0 Å². The third-order valence-electron chi connectivity index (χ3n) is 7.57. The van der Waals surface area contributed by atoms with Crippen LogP contribution in [0.25, 0.3) is 22.2 Å². The number of nitrogens with one attached hydrogen (secondary N) is 2. The Balaban J connectivity index is 1.34. The second kappa shape index (κ2) is 11.8. The summed E-state index contributed by atoms with van der Waals surface area (Å²) < 4.78 is 27.3. The summed E-state index contributed by atoms with van der Waals surface area (Å²) in [5.41, 5.74) is 4.86. The number of nitrogens with zero attached hydrogens (tertiary/aromatic N) is 2. The average molecular weight is 561 g/mol. The van der Waals surface area contributed by atoms with Crippen molar-refractivity contribution in [2.45, 2.75) is 62.6 Å². The molecule has 9 heteroatoms. The predicted molar refractivity (Wildman–Crippen MR) is 158 cm³/mol. The molecular weight excluding hydrogens is 524 g/mol. The Morgan fingerprint density at radius 2 is 1.75 bits per heavy atom. The Morgan fingerprint density at radius 3 is 2.48 bits per heavy atom. The van der Waals surface area contributed by atoms with Crippen LogP contribution in [0.3, 0.4) is 0 Å². The lowest BCUT2D eigenvalue weighted by Crippen LogP contribution is -2.38. The number of anilines is 1. The van der Waals surface area contributed by atoms with Crippen molar-refractivity contribution in [3.05, 3.63) is 77.9 Å². The quantitative estimate of drug-likeness (QED) is 0.263. The van der Waals surface area contributed by atoms with Crippen molar-refractivity contribution in [2.24, 2.45) is 7.05 Å². The van der Waals surface area contributed by atoms with Crippen LogP contribution in [-0.2, 0) is 23.4 Å². The number of hydrogen-bond donors (Lipinski definition) is 3. The lowest BCUT2D eigenvalue weighted by Gasteiger charge is -2.26. The molecule has 0 spiro atoms. The summed E-state index contributed by atoms with van der Waals surface area (Å²) >= 11 is 0. The lowest BCUT2D eigenvalue weighted by molar-refractivity contribution is 0.0867. The highest BCUT2D eigenvalue weighted by atomic mass is 32.2. The summed E-state index contributed by atoms with van der Waals surface area (Å²) in [5.74, 6) is 0.0201. The first-order valence-electron chi connectivity index (χ1n) is 13.9. The number of aryl methyl sites for hydroxylation is 1. The van der Waals surface area contributed by atoms with Crippen molar-refractivity contribution in [3.8, 4) is 11.3 Å². The molecule has 0 bridgehead atoms. The van der Waals surface area contributed by atoms with Gasteiger partial charge in [-0.2, -0.15) is 5.10 Å². The molecular formula is C31H36N4O4S. The van der Waals surface area contributed by atoms with Gasteiger partial charge < -0.3 is 15.7 Å². The fraction of sp³-hybridized carbons (Fsp3) is 0.355. The largest absolute Gasteiger partial charge is 0.393 e. The minimum Gasteiger partial charge on any atom is -0.393 e. The van der Waals surface area contributed by atoms with E-state index in [4.69, 9.17) is 5.10 Å². The van der Waals surface area contributed by atoms with Gasteiger partial charge in [0.25, 0.3) is 5.91 Å². The summed E-state index contributed by atoms with van der Waals surface area (Å²) in [6.45, 7) is 2.25. The molecule has 1 aliphatic rings. The molecule has 40 heavy (non-hydrogen) atoms. The Labute approximate surface area is 235 Å². The maximum Gasteiger partial charge on any atom is 0.251 e. The SMILES string of the molecule is CCCS(=O)(=O)c1ccccc1CNc1ccc2c(c1)c(-c1ccc(C(=O)NC3CCC(O)CC3)cc1)nn2C. The maximum atomic E-state index is 12.8. The minimum atomic E-state index is -3.33. The van der Waals surface area contributed by atoms with Crippen molar-refractivity contribution in [3.63, 3.8) is 0 Å². The molecule has 8 nitrogen and oxygen atoms in total. The third-order valence-corrected chi connectivity index (χ3v) is 9.58. The van der Waals surface area contributed by atoms with Gasteiger partial charge in [0, 0.05) is 41.8 Å². The van der Waals surface area contributed by atoms with Crippen molar-refractivity contribution >= 4 is 32.3 Å². The van der Waals surface area contributed by atoms with Crippen LogP contribution in [0.1, 0.15) is 54.9 Å². The molecule has 1 heterocycles. The predicted octanol–water partition coefficient (Wildman–Crippen LogP) is 5.07. The van der Waals surface area contributed by atoms with Gasteiger partial charge in [-0.3, -0.25) is 9.48 Å². The van der Waals surface area contributed by atoms with E-state index in [0.29, 0.717) is 23.4 Å². The summed E-state index contributed by atoms with van der Waals surface area (Å²) in [7, 11) is -1.43. The van der Waals surface area contributed by atoms with Crippen molar-refractivity contribution in [2.75, 3.05) is 11.1 Å². The van der Waals surface area contributed by atoms with Crippen LogP contribution in [0.5, 0.6) is 0 Å². The summed E-state index contributed by atoms with van der Waals surface area (Å²) in [6.07, 6.45) is 3.34. The number of hydrogen-bond acceptors (Lipinski definition) is 6.